The van der Waals surface area contributed by atoms with Crippen molar-refractivity contribution in [2.24, 2.45) is 0 Å². The van der Waals surface area contributed by atoms with E-state index in [0.717, 1.165) is 11.1 Å². The second kappa shape index (κ2) is 9.49. The van der Waals surface area contributed by atoms with Crippen molar-refractivity contribution in [3.05, 3.63) is 93.6 Å². The SMILES string of the molecule is CCn1c(SC(C)C(=O)NC(c2ccccc2)c2ccccc2)nc2ccsc2c1=O. The normalized spacial score (nSPS) is 12.2. The van der Waals surface area contributed by atoms with Crippen molar-refractivity contribution in [1.82, 2.24) is 14.9 Å². The van der Waals surface area contributed by atoms with Gasteiger partial charge in [0.25, 0.3) is 5.56 Å². The number of nitrogens with one attached hydrogen (secondary N) is 1. The number of nitrogens with zero attached hydrogens (tertiary/aromatic N) is 2. The highest BCUT2D eigenvalue weighted by atomic mass is 32.2. The summed E-state index contributed by atoms with van der Waals surface area (Å²) in [6.45, 7) is 4.27. The molecule has 158 valence electrons. The minimum atomic E-state index is -0.421. The highest BCUT2D eigenvalue weighted by molar-refractivity contribution is 8.00. The van der Waals surface area contributed by atoms with Gasteiger partial charge in [0.2, 0.25) is 5.91 Å². The molecule has 4 aromatic rings. The summed E-state index contributed by atoms with van der Waals surface area (Å²) < 4.78 is 2.29. The van der Waals surface area contributed by atoms with Gasteiger partial charge >= 0.3 is 0 Å². The monoisotopic (exact) mass is 449 g/mol. The first-order valence-electron chi connectivity index (χ1n) is 10.1. The molecule has 0 bridgehead atoms. The molecule has 0 radical (unpaired) electrons. The smallest absolute Gasteiger partial charge is 0.272 e. The van der Waals surface area contributed by atoms with Crippen LogP contribution in [0.4, 0.5) is 0 Å². The van der Waals surface area contributed by atoms with Gasteiger partial charge in [0, 0.05) is 6.54 Å². The first-order chi connectivity index (χ1) is 15.1. The van der Waals surface area contributed by atoms with Gasteiger partial charge < -0.3 is 5.32 Å². The van der Waals surface area contributed by atoms with Crippen LogP contribution in [0.25, 0.3) is 10.2 Å². The van der Waals surface area contributed by atoms with Crippen molar-refractivity contribution in [2.75, 3.05) is 0 Å². The highest BCUT2D eigenvalue weighted by Crippen LogP contribution is 2.27. The van der Waals surface area contributed by atoms with E-state index in [-0.39, 0.29) is 17.5 Å². The summed E-state index contributed by atoms with van der Waals surface area (Å²) >= 11 is 2.71. The topological polar surface area (TPSA) is 64.0 Å². The summed E-state index contributed by atoms with van der Waals surface area (Å²) in [6.07, 6.45) is 0. The van der Waals surface area contributed by atoms with Crippen LogP contribution in [0.15, 0.2) is 82.1 Å². The van der Waals surface area contributed by atoms with E-state index >= 15 is 0 Å². The van der Waals surface area contributed by atoms with E-state index in [4.69, 9.17) is 0 Å². The summed E-state index contributed by atoms with van der Waals surface area (Å²) in [5, 5.41) is 5.20. The fourth-order valence-electron chi connectivity index (χ4n) is 3.41. The number of aromatic nitrogens is 2. The zero-order valence-corrected chi connectivity index (χ0v) is 19.0. The first-order valence-corrected chi connectivity index (χ1v) is 11.9. The maximum atomic E-state index is 13.2. The average Bonchev–Trinajstić information content (AvgIpc) is 3.27. The van der Waals surface area contributed by atoms with Crippen molar-refractivity contribution in [3.63, 3.8) is 0 Å². The number of amides is 1. The van der Waals surface area contributed by atoms with E-state index in [0.29, 0.717) is 21.9 Å². The van der Waals surface area contributed by atoms with Crippen molar-refractivity contribution >= 4 is 39.2 Å². The fourth-order valence-corrected chi connectivity index (χ4v) is 5.17. The molecule has 1 N–H and O–H groups in total. The third-order valence-electron chi connectivity index (χ3n) is 5.05. The molecule has 0 aliphatic carbocycles. The van der Waals surface area contributed by atoms with Crippen LogP contribution < -0.4 is 10.9 Å². The van der Waals surface area contributed by atoms with Crippen molar-refractivity contribution in [1.29, 1.82) is 0 Å². The predicted octanol–water partition coefficient (Wildman–Crippen LogP) is 4.86. The molecule has 2 aromatic heterocycles. The molecule has 1 unspecified atom stereocenters. The molecule has 0 fully saturated rings. The molecule has 0 aliphatic rings. The largest absolute Gasteiger partial charge is 0.344 e. The van der Waals surface area contributed by atoms with Crippen LogP contribution in [0.1, 0.15) is 31.0 Å². The quantitative estimate of drug-likeness (QED) is 0.323. The Morgan fingerprint density at radius 2 is 1.68 bits per heavy atom. The fraction of sp³-hybridized carbons (Fsp3) is 0.208. The molecular weight excluding hydrogens is 426 g/mol. The van der Waals surface area contributed by atoms with Gasteiger partial charge in [0.05, 0.1) is 16.8 Å². The van der Waals surface area contributed by atoms with Crippen LogP contribution >= 0.6 is 23.1 Å². The second-order valence-electron chi connectivity index (χ2n) is 7.10. The molecular formula is C24H23N3O2S2. The second-order valence-corrected chi connectivity index (χ2v) is 9.33. The van der Waals surface area contributed by atoms with Crippen molar-refractivity contribution < 1.29 is 4.79 Å². The lowest BCUT2D eigenvalue weighted by molar-refractivity contribution is -0.120. The molecule has 1 amide bonds. The van der Waals surface area contributed by atoms with E-state index in [1.165, 1.54) is 23.1 Å². The van der Waals surface area contributed by atoms with Gasteiger partial charge in [-0.3, -0.25) is 14.2 Å². The highest BCUT2D eigenvalue weighted by Gasteiger charge is 2.23. The summed E-state index contributed by atoms with van der Waals surface area (Å²) in [5.41, 5.74) is 2.66. The van der Waals surface area contributed by atoms with Gasteiger partial charge in [-0.1, -0.05) is 72.4 Å². The van der Waals surface area contributed by atoms with Crippen LogP contribution in [0, 0.1) is 0 Å². The summed E-state index contributed by atoms with van der Waals surface area (Å²) in [5.74, 6) is -0.106. The van der Waals surface area contributed by atoms with Crippen LogP contribution in [-0.2, 0) is 11.3 Å². The van der Waals surface area contributed by atoms with Crippen molar-refractivity contribution in [2.45, 2.75) is 36.8 Å². The Kier molecular flexibility index (Phi) is 6.53. The maximum absolute atomic E-state index is 13.2. The standard InChI is InChI=1S/C24H23N3O2S2/c1-3-27-23(29)21-19(14-15-30-21)25-24(27)31-16(2)22(28)26-20(17-10-6-4-7-11-17)18-12-8-5-9-13-18/h4-16,20H,3H2,1-2H3,(H,26,28). The number of carbonyl (C=O) groups is 1. The number of thioether (sulfide) groups is 1. The summed E-state index contributed by atoms with van der Waals surface area (Å²) in [4.78, 5) is 30.6. The number of fused-ring (bicyclic) bond motifs is 1. The molecule has 0 spiro atoms. The van der Waals surface area contributed by atoms with E-state index in [9.17, 15) is 9.59 Å². The van der Waals surface area contributed by atoms with E-state index in [2.05, 4.69) is 10.3 Å². The Balaban J connectivity index is 1.59. The van der Waals surface area contributed by atoms with Gasteiger partial charge in [0.1, 0.15) is 4.70 Å². The zero-order valence-electron chi connectivity index (χ0n) is 17.3. The van der Waals surface area contributed by atoms with Gasteiger partial charge in [-0.25, -0.2) is 4.98 Å². The molecule has 2 heterocycles. The third kappa shape index (κ3) is 4.57. The van der Waals surface area contributed by atoms with Crippen LogP contribution in [0.3, 0.4) is 0 Å². The molecule has 5 nitrogen and oxygen atoms in total. The lowest BCUT2D eigenvalue weighted by Gasteiger charge is -2.22. The van der Waals surface area contributed by atoms with Crippen molar-refractivity contribution in [3.8, 4) is 0 Å². The number of hydrogen-bond donors (Lipinski definition) is 1. The Labute approximate surface area is 189 Å². The minimum Gasteiger partial charge on any atom is -0.344 e. The Morgan fingerprint density at radius 1 is 1.06 bits per heavy atom. The Morgan fingerprint density at radius 3 is 2.26 bits per heavy atom. The number of hydrogen-bond acceptors (Lipinski definition) is 5. The molecule has 0 saturated carbocycles. The predicted molar refractivity (Wildman–Crippen MR) is 128 cm³/mol. The lowest BCUT2D eigenvalue weighted by atomic mass is 9.98. The molecule has 0 saturated heterocycles. The third-order valence-corrected chi connectivity index (χ3v) is 7.03. The number of benzene rings is 2. The summed E-state index contributed by atoms with van der Waals surface area (Å²) in [6, 6.07) is 21.4. The lowest BCUT2D eigenvalue weighted by Crippen LogP contribution is -2.35. The van der Waals surface area contributed by atoms with Gasteiger partial charge in [-0.2, -0.15) is 0 Å². The number of thiophene rings is 1. The Hall–Kier alpha value is -2.90. The first kappa shape index (κ1) is 21.3. The summed E-state index contributed by atoms with van der Waals surface area (Å²) in [7, 11) is 0. The molecule has 7 heteroatoms. The molecule has 1 atom stereocenters. The molecule has 31 heavy (non-hydrogen) atoms. The van der Waals surface area contributed by atoms with Gasteiger partial charge in [0.15, 0.2) is 5.16 Å². The number of rotatable bonds is 7. The zero-order chi connectivity index (χ0) is 21.8. The van der Waals surface area contributed by atoms with Crippen LogP contribution in [-0.4, -0.2) is 20.7 Å². The van der Waals surface area contributed by atoms with E-state index in [1.54, 1.807) is 4.57 Å². The minimum absolute atomic E-state index is 0.0518. The number of carbonyl (C=O) groups excluding carboxylic acids is 1. The Bertz CT molecular complexity index is 1200. The maximum Gasteiger partial charge on any atom is 0.272 e. The van der Waals surface area contributed by atoms with Gasteiger partial charge in [-0.15, -0.1) is 11.3 Å². The van der Waals surface area contributed by atoms with Crippen LogP contribution in [0.2, 0.25) is 0 Å². The van der Waals surface area contributed by atoms with Gasteiger partial charge in [-0.05, 0) is 36.4 Å². The molecule has 4 rings (SSSR count). The average molecular weight is 450 g/mol. The van der Waals surface area contributed by atoms with Crippen LogP contribution in [0.5, 0.6) is 0 Å². The molecule has 2 aromatic carbocycles. The molecule has 0 aliphatic heterocycles. The van der Waals surface area contributed by atoms with E-state index < -0.39 is 5.25 Å². The van der Waals surface area contributed by atoms with E-state index in [1.807, 2.05) is 86.0 Å².